The molecular formula is C38H41Cl2SiZr. The first-order chi connectivity index (χ1) is 20.3. The van der Waals surface area contributed by atoms with E-state index in [1.807, 2.05) is 0 Å². The predicted molar refractivity (Wildman–Crippen MR) is 184 cm³/mol. The van der Waals surface area contributed by atoms with Crippen molar-refractivity contribution >= 4 is 35.1 Å². The second kappa shape index (κ2) is 11.2. The number of halogens is 2. The fourth-order valence-electron chi connectivity index (χ4n) is 8.74. The SMILES string of the molecule is CCCC1=Cc2ccccc2[C]1(c1ccccc1)[Zr]([Cl])([Cl])([SiH](C)C)[C]1(c2ccccc2)C(CCC)=Cc2ccccc21. The van der Waals surface area contributed by atoms with Gasteiger partial charge >= 0.3 is 263 Å². The molecule has 4 aromatic rings. The van der Waals surface area contributed by atoms with Crippen LogP contribution in [0.1, 0.15) is 72.9 Å². The minimum absolute atomic E-state index is 0.571. The van der Waals surface area contributed by atoms with Crippen molar-refractivity contribution in [1.82, 2.24) is 0 Å². The number of hydrogen-bond donors (Lipinski definition) is 0. The molecule has 2 unspecified atom stereocenters. The van der Waals surface area contributed by atoms with Gasteiger partial charge in [0.25, 0.3) is 0 Å². The monoisotopic (exact) mass is 685 g/mol. The Morgan fingerprint density at radius 2 is 0.905 bits per heavy atom. The molecule has 0 nitrogen and oxygen atoms in total. The van der Waals surface area contributed by atoms with Crippen molar-refractivity contribution in [3.63, 3.8) is 0 Å². The molecule has 0 saturated heterocycles. The first-order valence-corrected chi connectivity index (χ1v) is 31.5. The van der Waals surface area contributed by atoms with E-state index in [2.05, 4.69) is 148 Å². The van der Waals surface area contributed by atoms with Gasteiger partial charge in [0, 0.05) is 0 Å². The zero-order chi connectivity index (χ0) is 29.6. The summed E-state index contributed by atoms with van der Waals surface area (Å²) in [6.07, 6.45) is 8.94. The molecule has 2 aliphatic rings. The Kier molecular flexibility index (Phi) is 8.02. The summed E-state index contributed by atoms with van der Waals surface area (Å²) in [5.74, 6) is -1.88. The summed E-state index contributed by atoms with van der Waals surface area (Å²) in [4.78, 5) is 0. The molecule has 0 heterocycles. The Balaban J connectivity index is 1.91. The molecule has 0 fully saturated rings. The molecule has 215 valence electrons. The molecule has 4 heteroatoms. The van der Waals surface area contributed by atoms with Gasteiger partial charge in [-0.25, -0.2) is 0 Å². The molecule has 0 bridgehead atoms. The molecule has 0 N–H and O–H groups in total. The summed E-state index contributed by atoms with van der Waals surface area (Å²) in [7, 11) is 18.4. The van der Waals surface area contributed by atoms with Crippen LogP contribution in [0.4, 0.5) is 0 Å². The van der Waals surface area contributed by atoms with Crippen molar-refractivity contribution in [1.29, 1.82) is 0 Å². The van der Waals surface area contributed by atoms with E-state index in [-0.39, 0.29) is 0 Å². The third-order valence-electron chi connectivity index (χ3n) is 10.2. The van der Waals surface area contributed by atoms with Gasteiger partial charge in [-0.2, -0.15) is 0 Å². The number of rotatable bonds is 9. The van der Waals surface area contributed by atoms with Crippen LogP contribution in [0.2, 0.25) is 13.1 Å². The van der Waals surface area contributed by atoms with E-state index in [1.165, 1.54) is 44.5 Å². The van der Waals surface area contributed by atoms with Gasteiger partial charge in [0.1, 0.15) is 0 Å². The van der Waals surface area contributed by atoms with Crippen LogP contribution < -0.4 is 0 Å². The molecule has 0 aromatic heterocycles. The molecule has 42 heavy (non-hydrogen) atoms. The van der Waals surface area contributed by atoms with Crippen LogP contribution >= 0.6 is 17.0 Å². The van der Waals surface area contributed by atoms with E-state index in [1.54, 1.807) is 0 Å². The van der Waals surface area contributed by atoms with Crippen molar-refractivity contribution < 1.29 is 15.6 Å². The molecule has 0 spiro atoms. The zero-order valence-electron chi connectivity index (χ0n) is 25.2. The van der Waals surface area contributed by atoms with Crippen LogP contribution in [0.15, 0.2) is 120 Å². The van der Waals surface area contributed by atoms with Crippen LogP contribution in [0.25, 0.3) is 12.2 Å². The molecule has 0 radical (unpaired) electrons. The van der Waals surface area contributed by atoms with Crippen molar-refractivity contribution in [3.8, 4) is 0 Å². The third-order valence-corrected chi connectivity index (χ3v) is 65.6. The maximum atomic E-state index is 9.20. The van der Waals surface area contributed by atoms with Gasteiger partial charge in [-0.3, -0.25) is 0 Å². The van der Waals surface area contributed by atoms with Gasteiger partial charge in [-0.15, -0.1) is 0 Å². The van der Waals surface area contributed by atoms with Gasteiger partial charge in [-0.1, -0.05) is 0 Å². The number of fused-ring (bicyclic) bond motifs is 2. The van der Waals surface area contributed by atoms with Gasteiger partial charge in [0.15, 0.2) is 0 Å². The molecule has 2 aliphatic carbocycles. The first-order valence-electron chi connectivity index (χ1n) is 15.6. The van der Waals surface area contributed by atoms with Crippen molar-refractivity contribution in [2.45, 2.75) is 58.9 Å². The third kappa shape index (κ3) is 3.75. The van der Waals surface area contributed by atoms with Gasteiger partial charge < -0.3 is 0 Å². The van der Waals surface area contributed by atoms with E-state index >= 15 is 0 Å². The van der Waals surface area contributed by atoms with Crippen molar-refractivity contribution in [3.05, 3.63) is 154 Å². The molecule has 0 amide bonds. The predicted octanol–water partition coefficient (Wildman–Crippen LogP) is 11.2. The molecule has 6 rings (SSSR count). The van der Waals surface area contributed by atoms with E-state index in [4.69, 9.17) is 0 Å². The van der Waals surface area contributed by atoms with Crippen LogP contribution in [0.3, 0.4) is 0 Å². The van der Waals surface area contributed by atoms with Gasteiger partial charge in [0.2, 0.25) is 0 Å². The van der Waals surface area contributed by atoms with E-state index < -0.39 is 27.7 Å². The minimum atomic E-state index is -5.46. The first kappa shape index (κ1) is 30.1. The van der Waals surface area contributed by atoms with Gasteiger partial charge in [0.05, 0.1) is 0 Å². The van der Waals surface area contributed by atoms with Crippen LogP contribution in [0.5, 0.6) is 0 Å². The Bertz CT molecular complexity index is 1550. The molecule has 2 atom stereocenters. The summed E-state index contributed by atoms with van der Waals surface area (Å²) in [5, 5.41) is 0. The van der Waals surface area contributed by atoms with Gasteiger partial charge in [-0.05, 0) is 0 Å². The van der Waals surface area contributed by atoms with E-state index in [9.17, 15) is 17.0 Å². The Labute approximate surface area is 261 Å². The maximum absolute atomic E-state index is 9.20. The number of benzene rings is 4. The Morgan fingerprint density at radius 1 is 0.548 bits per heavy atom. The molecule has 4 aromatic carbocycles. The average molecular weight is 688 g/mol. The molecule has 0 saturated carbocycles. The topological polar surface area (TPSA) is 0 Å². The van der Waals surface area contributed by atoms with Crippen LogP contribution in [-0.2, 0) is 21.8 Å². The summed E-state index contributed by atoms with van der Waals surface area (Å²) < 4.78 is -1.14. The molecule has 0 aliphatic heterocycles. The standard InChI is InChI=1S/2C18H17.C2H7Si.2ClH.Zr/c2*1-2-8-16-13-15-11-6-7-12-17(15)18(16)14-9-4-3-5-10-14;1-3-2;;;/h2*3-7,9-13H,2,8H2,1H3;3H,1-2H3;2*1H;/q;;;;;+2/p-2. The van der Waals surface area contributed by atoms with E-state index in [0.29, 0.717) is 0 Å². The summed E-state index contributed by atoms with van der Waals surface area (Å²) in [5.41, 5.74) is 10.5. The zero-order valence-corrected chi connectivity index (χ0v) is 30.3. The normalized spacial score (nSPS) is 22.2. The summed E-state index contributed by atoms with van der Waals surface area (Å²) in [6, 6.07) is 40.3. The fourth-order valence-corrected chi connectivity index (χ4v) is 49.3. The summed E-state index contributed by atoms with van der Waals surface area (Å²) in [6.45, 7) is 9.52. The second-order valence-corrected chi connectivity index (χ2v) is 53.9. The summed E-state index contributed by atoms with van der Waals surface area (Å²) >= 11 is -5.46. The Hall–Kier alpha value is -1.96. The number of hydrogen-bond acceptors (Lipinski definition) is 0. The average Bonchev–Trinajstić information content (AvgIpc) is 3.53. The quantitative estimate of drug-likeness (QED) is 0.154. The Morgan fingerprint density at radius 3 is 1.26 bits per heavy atom. The molecular weight excluding hydrogens is 647 g/mol. The van der Waals surface area contributed by atoms with Crippen molar-refractivity contribution in [2.75, 3.05) is 0 Å². The van der Waals surface area contributed by atoms with Crippen LogP contribution in [0, 0.1) is 0 Å². The second-order valence-electron chi connectivity index (χ2n) is 12.5. The van der Waals surface area contributed by atoms with E-state index in [0.717, 1.165) is 25.7 Å². The van der Waals surface area contributed by atoms with Crippen molar-refractivity contribution in [2.24, 2.45) is 0 Å². The number of allylic oxidation sites excluding steroid dienone is 2. The van der Waals surface area contributed by atoms with Crippen LogP contribution in [-0.4, -0.2) is 5.92 Å². The fraction of sp³-hybridized carbons (Fsp3) is 0.263.